The van der Waals surface area contributed by atoms with Gasteiger partial charge in [-0.2, -0.15) is 0 Å². The first kappa shape index (κ1) is 9.17. The molecule has 0 saturated heterocycles. The van der Waals surface area contributed by atoms with Crippen LogP contribution in [0.25, 0.3) is 0 Å². The monoisotopic (exact) mass is 215 g/mol. The highest BCUT2D eigenvalue weighted by Crippen LogP contribution is 2.55. The number of rotatable bonds is 0. The number of fused-ring (bicyclic) bond motifs is 2. The van der Waals surface area contributed by atoms with Gasteiger partial charge < -0.3 is 5.32 Å². The van der Waals surface area contributed by atoms with Crippen molar-refractivity contribution in [3.63, 3.8) is 0 Å². The number of benzene rings is 1. The van der Waals surface area contributed by atoms with Crippen LogP contribution in [0.2, 0.25) is 5.02 Å². The van der Waals surface area contributed by atoms with Crippen LogP contribution >= 0.6 is 24.0 Å². The van der Waals surface area contributed by atoms with Gasteiger partial charge >= 0.3 is 0 Å². The lowest BCUT2D eigenvalue weighted by molar-refractivity contribution is 0.778. The number of hydrogen-bond donors (Lipinski definition) is 1. The van der Waals surface area contributed by atoms with E-state index in [9.17, 15) is 0 Å². The zero-order valence-corrected chi connectivity index (χ0v) is 8.71. The molecule has 1 aliphatic heterocycles. The molecule has 1 nitrogen and oxygen atoms in total. The summed E-state index contributed by atoms with van der Waals surface area (Å²) in [5.74, 6) is 0. The Labute approximate surface area is 88.9 Å². The number of nitrogens with one attached hydrogen (secondary N) is 1. The Morgan fingerprint density at radius 2 is 2.08 bits per heavy atom. The predicted octanol–water partition coefficient (Wildman–Crippen LogP) is 3.22. The molecule has 0 radical (unpaired) electrons. The first-order valence-electron chi connectivity index (χ1n) is 4.35. The summed E-state index contributed by atoms with van der Waals surface area (Å²) in [5.41, 5.74) is 3.09. The highest BCUT2D eigenvalue weighted by molar-refractivity contribution is 6.33. The van der Waals surface area contributed by atoms with Gasteiger partial charge in [-0.25, -0.2) is 0 Å². The number of anilines is 1. The van der Waals surface area contributed by atoms with Gasteiger partial charge in [0.05, 0.1) is 10.7 Å². The van der Waals surface area contributed by atoms with Crippen LogP contribution < -0.4 is 5.32 Å². The summed E-state index contributed by atoms with van der Waals surface area (Å²) in [7, 11) is 0. The van der Waals surface area contributed by atoms with Crippen LogP contribution in [-0.2, 0) is 5.41 Å². The third kappa shape index (κ3) is 1.14. The van der Waals surface area contributed by atoms with E-state index in [1.807, 2.05) is 12.1 Å². The smallest absolute Gasteiger partial charge is 0.0640 e. The molecule has 0 unspecified atom stereocenters. The normalized spacial score (nSPS) is 20.4. The van der Waals surface area contributed by atoms with Gasteiger partial charge in [-0.15, -0.1) is 12.4 Å². The van der Waals surface area contributed by atoms with Crippen LogP contribution in [0.5, 0.6) is 0 Å². The second-order valence-electron chi connectivity index (χ2n) is 3.80. The molecular weight excluding hydrogens is 205 g/mol. The largest absolute Gasteiger partial charge is 0.383 e. The molecule has 1 saturated carbocycles. The Balaban J connectivity index is 0.000000653. The minimum Gasteiger partial charge on any atom is -0.383 e. The van der Waals surface area contributed by atoms with E-state index in [1.165, 1.54) is 24.1 Å². The Morgan fingerprint density at radius 3 is 2.77 bits per heavy atom. The Bertz CT molecular complexity index is 345. The zero-order valence-electron chi connectivity index (χ0n) is 7.14. The Kier molecular flexibility index (Phi) is 1.97. The summed E-state index contributed by atoms with van der Waals surface area (Å²) in [6, 6.07) is 6.21. The average molecular weight is 216 g/mol. The Morgan fingerprint density at radius 1 is 1.31 bits per heavy atom. The van der Waals surface area contributed by atoms with E-state index >= 15 is 0 Å². The third-order valence-electron chi connectivity index (χ3n) is 3.04. The molecular formula is C10H11Cl2N. The maximum atomic E-state index is 6.06. The molecule has 0 amide bonds. The van der Waals surface area contributed by atoms with Crippen molar-refractivity contribution in [3.05, 3.63) is 28.8 Å². The maximum Gasteiger partial charge on any atom is 0.0640 e. The van der Waals surface area contributed by atoms with Gasteiger partial charge in [0, 0.05) is 12.0 Å². The van der Waals surface area contributed by atoms with Crippen molar-refractivity contribution in [1.82, 2.24) is 0 Å². The molecule has 2 aliphatic rings. The van der Waals surface area contributed by atoms with Crippen LogP contribution in [0.4, 0.5) is 5.69 Å². The minimum atomic E-state index is 0. The molecule has 1 heterocycles. The van der Waals surface area contributed by atoms with Gasteiger partial charge in [0.1, 0.15) is 0 Å². The SMILES string of the molecule is Cl.Clc1cccc2c1NCC21CC1. The minimum absolute atomic E-state index is 0. The van der Waals surface area contributed by atoms with Crippen molar-refractivity contribution >= 4 is 29.7 Å². The summed E-state index contributed by atoms with van der Waals surface area (Å²) in [5, 5.41) is 4.26. The lowest BCUT2D eigenvalue weighted by atomic mass is 9.99. The van der Waals surface area contributed by atoms with E-state index < -0.39 is 0 Å². The van der Waals surface area contributed by atoms with Crippen molar-refractivity contribution < 1.29 is 0 Å². The summed E-state index contributed by atoms with van der Waals surface area (Å²) in [6.45, 7) is 1.09. The summed E-state index contributed by atoms with van der Waals surface area (Å²) >= 11 is 6.06. The molecule has 0 atom stereocenters. The van der Waals surface area contributed by atoms with Gasteiger partial charge in [-0.05, 0) is 24.5 Å². The fourth-order valence-corrected chi connectivity index (χ4v) is 2.34. The summed E-state index contributed by atoms with van der Waals surface area (Å²) in [6.07, 6.45) is 2.65. The second-order valence-corrected chi connectivity index (χ2v) is 4.20. The van der Waals surface area contributed by atoms with Gasteiger partial charge in [0.2, 0.25) is 0 Å². The van der Waals surface area contributed by atoms with Crippen LogP contribution in [0.3, 0.4) is 0 Å². The first-order chi connectivity index (χ1) is 5.82. The van der Waals surface area contributed by atoms with Crippen LogP contribution in [0.15, 0.2) is 18.2 Å². The fraction of sp³-hybridized carbons (Fsp3) is 0.400. The van der Waals surface area contributed by atoms with Gasteiger partial charge in [-0.1, -0.05) is 23.7 Å². The van der Waals surface area contributed by atoms with Crippen LogP contribution in [0.1, 0.15) is 18.4 Å². The third-order valence-corrected chi connectivity index (χ3v) is 3.36. The maximum absolute atomic E-state index is 6.06. The molecule has 0 bridgehead atoms. The van der Waals surface area contributed by atoms with E-state index in [1.54, 1.807) is 0 Å². The molecule has 1 fully saturated rings. The molecule has 1 aromatic rings. The van der Waals surface area contributed by atoms with Crippen LogP contribution in [0, 0.1) is 0 Å². The van der Waals surface area contributed by atoms with Crippen molar-refractivity contribution in [2.45, 2.75) is 18.3 Å². The number of halogens is 2. The molecule has 1 aromatic carbocycles. The molecule has 1 spiro atoms. The van der Waals surface area contributed by atoms with E-state index in [-0.39, 0.29) is 12.4 Å². The first-order valence-corrected chi connectivity index (χ1v) is 4.73. The lowest BCUT2D eigenvalue weighted by Gasteiger charge is -2.04. The molecule has 3 heteroatoms. The predicted molar refractivity (Wildman–Crippen MR) is 58.1 cm³/mol. The van der Waals surface area contributed by atoms with E-state index in [0.29, 0.717) is 5.41 Å². The van der Waals surface area contributed by atoms with Gasteiger partial charge in [0.15, 0.2) is 0 Å². The molecule has 13 heavy (non-hydrogen) atoms. The number of para-hydroxylation sites is 1. The van der Waals surface area contributed by atoms with Crippen molar-refractivity contribution in [3.8, 4) is 0 Å². The van der Waals surface area contributed by atoms with Crippen LogP contribution in [-0.4, -0.2) is 6.54 Å². The average Bonchev–Trinajstić information content (AvgIpc) is 2.73. The highest BCUT2D eigenvalue weighted by Gasteiger charge is 2.49. The molecule has 1 aliphatic carbocycles. The fourth-order valence-electron chi connectivity index (χ4n) is 2.10. The van der Waals surface area contributed by atoms with E-state index in [0.717, 1.165) is 11.6 Å². The quantitative estimate of drug-likeness (QED) is 0.702. The summed E-state index contributed by atoms with van der Waals surface area (Å²) in [4.78, 5) is 0. The topological polar surface area (TPSA) is 12.0 Å². The van der Waals surface area contributed by atoms with Crippen molar-refractivity contribution in [2.24, 2.45) is 0 Å². The zero-order chi connectivity index (χ0) is 8.18. The van der Waals surface area contributed by atoms with Crippen molar-refractivity contribution in [1.29, 1.82) is 0 Å². The van der Waals surface area contributed by atoms with Crippen molar-refractivity contribution in [2.75, 3.05) is 11.9 Å². The van der Waals surface area contributed by atoms with E-state index in [2.05, 4.69) is 11.4 Å². The van der Waals surface area contributed by atoms with Gasteiger partial charge in [0.25, 0.3) is 0 Å². The number of hydrogen-bond acceptors (Lipinski definition) is 1. The lowest BCUT2D eigenvalue weighted by Crippen LogP contribution is -2.07. The molecule has 1 N–H and O–H groups in total. The van der Waals surface area contributed by atoms with E-state index in [4.69, 9.17) is 11.6 Å². The second kappa shape index (κ2) is 2.79. The molecule has 70 valence electrons. The highest BCUT2D eigenvalue weighted by atomic mass is 35.5. The Hall–Kier alpha value is -0.400. The standard InChI is InChI=1S/C10H10ClN.ClH/c11-8-3-1-2-7-9(8)12-6-10(7)4-5-10;/h1-3,12H,4-6H2;1H. The molecule has 3 rings (SSSR count). The summed E-state index contributed by atoms with van der Waals surface area (Å²) < 4.78 is 0. The van der Waals surface area contributed by atoms with Gasteiger partial charge in [-0.3, -0.25) is 0 Å². The molecule has 0 aromatic heterocycles.